The lowest BCUT2D eigenvalue weighted by molar-refractivity contribution is -0.123. The number of aromatic nitrogens is 2. The molecule has 1 aromatic heterocycles. The summed E-state index contributed by atoms with van der Waals surface area (Å²) in [6, 6.07) is 7.84. The predicted octanol–water partition coefficient (Wildman–Crippen LogP) is -0.238. The first-order chi connectivity index (χ1) is 11.8. The van der Waals surface area contributed by atoms with Crippen LogP contribution in [-0.2, 0) is 26.7 Å². The molecule has 0 fully saturated rings. The second kappa shape index (κ2) is 7.90. The molecule has 134 valence electrons. The lowest BCUT2D eigenvalue weighted by Crippen LogP contribution is -2.40. The first-order valence-corrected chi connectivity index (χ1v) is 8.87. The highest BCUT2D eigenvalue weighted by molar-refractivity contribution is 7.89. The molecule has 0 unspecified atom stereocenters. The van der Waals surface area contributed by atoms with Crippen molar-refractivity contribution in [1.82, 2.24) is 19.8 Å². The van der Waals surface area contributed by atoms with Gasteiger partial charge in [-0.1, -0.05) is 17.7 Å². The topological polar surface area (TPSA) is 122 Å². The van der Waals surface area contributed by atoms with E-state index in [1.165, 1.54) is 16.8 Å². The van der Waals surface area contributed by atoms with Crippen LogP contribution in [0.3, 0.4) is 0 Å². The first-order valence-electron chi connectivity index (χ1n) is 7.39. The van der Waals surface area contributed by atoms with E-state index in [9.17, 15) is 18.0 Å². The van der Waals surface area contributed by atoms with Crippen molar-refractivity contribution in [2.24, 2.45) is 7.05 Å². The average Bonchev–Trinajstić information content (AvgIpc) is 2.96. The monoisotopic (exact) mass is 365 g/mol. The minimum Gasteiger partial charge on any atom is -0.346 e. The van der Waals surface area contributed by atoms with Gasteiger partial charge in [-0.05, 0) is 19.1 Å². The van der Waals surface area contributed by atoms with Gasteiger partial charge in [0.15, 0.2) is 5.82 Å². The molecule has 1 heterocycles. The summed E-state index contributed by atoms with van der Waals surface area (Å²) in [6.07, 6.45) is 1.66. The quantitative estimate of drug-likeness (QED) is 0.625. The third kappa shape index (κ3) is 5.69. The second-order valence-corrected chi connectivity index (χ2v) is 7.10. The Morgan fingerprint density at radius 1 is 1.08 bits per heavy atom. The van der Waals surface area contributed by atoms with E-state index in [0.29, 0.717) is 5.82 Å². The normalized spacial score (nSPS) is 11.1. The number of aryl methyl sites for hydroxylation is 2. The van der Waals surface area contributed by atoms with E-state index >= 15 is 0 Å². The van der Waals surface area contributed by atoms with Gasteiger partial charge in [0.05, 0.1) is 18.0 Å². The van der Waals surface area contributed by atoms with Crippen molar-refractivity contribution in [1.29, 1.82) is 0 Å². The van der Waals surface area contributed by atoms with Crippen molar-refractivity contribution in [3.8, 4) is 0 Å². The molecule has 0 saturated heterocycles. The highest BCUT2D eigenvalue weighted by Crippen LogP contribution is 2.09. The molecule has 10 heteroatoms. The van der Waals surface area contributed by atoms with Gasteiger partial charge in [-0.3, -0.25) is 14.3 Å². The highest BCUT2D eigenvalue weighted by atomic mass is 32.2. The largest absolute Gasteiger partial charge is 0.346 e. The Morgan fingerprint density at radius 2 is 1.76 bits per heavy atom. The molecule has 0 bridgehead atoms. The van der Waals surface area contributed by atoms with E-state index in [1.807, 2.05) is 6.92 Å². The number of rotatable bonds is 7. The van der Waals surface area contributed by atoms with Crippen LogP contribution in [0.4, 0.5) is 5.82 Å². The van der Waals surface area contributed by atoms with Gasteiger partial charge in [0.2, 0.25) is 21.8 Å². The van der Waals surface area contributed by atoms with Gasteiger partial charge in [-0.2, -0.15) is 5.10 Å². The number of nitrogens with zero attached hydrogens (tertiary/aromatic N) is 2. The van der Waals surface area contributed by atoms with Gasteiger partial charge >= 0.3 is 0 Å². The maximum Gasteiger partial charge on any atom is 0.244 e. The zero-order chi connectivity index (χ0) is 18.4. The van der Waals surface area contributed by atoms with Crippen molar-refractivity contribution >= 4 is 27.7 Å². The fraction of sp³-hybridized carbons (Fsp3) is 0.267. The van der Waals surface area contributed by atoms with Crippen molar-refractivity contribution in [3.05, 3.63) is 42.1 Å². The summed E-state index contributed by atoms with van der Waals surface area (Å²) in [5.41, 5.74) is 0.926. The van der Waals surface area contributed by atoms with Gasteiger partial charge in [0.1, 0.15) is 0 Å². The Morgan fingerprint density at radius 3 is 2.36 bits per heavy atom. The summed E-state index contributed by atoms with van der Waals surface area (Å²) >= 11 is 0. The molecular formula is C15H19N5O4S. The maximum atomic E-state index is 12.0. The van der Waals surface area contributed by atoms with Crippen LogP contribution in [0.5, 0.6) is 0 Å². The lowest BCUT2D eigenvalue weighted by atomic mass is 10.2. The fourth-order valence-electron chi connectivity index (χ4n) is 1.87. The molecule has 0 saturated carbocycles. The van der Waals surface area contributed by atoms with E-state index in [-0.39, 0.29) is 11.4 Å². The van der Waals surface area contributed by atoms with Gasteiger partial charge in [-0.25, -0.2) is 13.1 Å². The van der Waals surface area contributed by atoms with Gasteiger partial charge in [0.25, 0.3) is 0 Å². The zero-order valence-corrected chi connectivity index (χ0v) is 14.6. The molecule has 0 aliphatic carbocycles. The zero-order valence-electron chi connectivity index (χ0n) is 13.8. The van der Waals surface area contributed by atoms with Crippen LogP contribution < -0.4 is 15.4 Å². The standard InChI is InChI=1S/C15H19N5O4S/c1-11-3-5-12(6-4-11)25(23,24)17-10-14(21)16-9-15(22)18-13-7-8-20(2)19-13/h3-8,17H,9-10H2,1-2H3,(H,16,21)(H,18,19,22). The smallest absolute Gasteiger partial charge is 0.244 e. The summed E-state index contributed by atoms with van der Waals surface area (Å²) in [7, 11) is -2.07. The summed E-state index contributed by atoms with van der Waals surface area (Å²) in [6.45, 7) is 1.09. The molecule has 0 spiro atoms. The number of hydrogen-bond acceptors (Lipinski definition) is 5. The number of sulfonamides is 1. The molecule has 1 aromatic carbocycles. The maximum absolute atomic E-state index is 12.0. The number of carbonyl (C=O) groups excluding carboxylic acids is 2. The number of nitrogens with one attached hydrogen (secondary N) is 3. The van der Waals surface area contributed by atoms with Gasteiger partial charge < -0.3 is 10.6 Å². The summed E-state index contributed by atoms with van der Waals surface area (Å²) in [4.78, 5) is 23.4. The van der Waals surface area contributed by atoms with Crippen LogP contribution in [-0.4, -0.2) is 43.1 Å². The lowest BCUT2D eigenvalue weighted by Gasteiger charge is -2.08. The van der Waals surface area contributed by atoms with Crippen molar-refractivity contribution in [2.45, 2.75) is 11.8 Å². The Labute approximate surface area is 145 Å². The van der Waals surface area contributed by atoms with Crippen molar-refractivity contribution in [2.75, 3.05) is 18.4 Å². The minimum atomic E-state index is -3.78. The second-order valence-electron chi connectivity index (χ2n) is 5.34. The molecule has 3 N–H and O–H groups in total. The number of amides is 2. The third-order valence-corrected chi connectivity index (χ3v) is 4.60. The van der Waals surface area contributed by atoms with Crippen LogP contribution in [0.2, 0.25) is 0 Å². The van der Waals surface area contributed by atoms with Gasteiger partial charge in [0, 0.05) is 19.3 Å². The molecular weight excluding hydrogens is 346 g/mol. The molecule has 0 aliphatic rings. The predicted molar refractivity (Wildman–Crippen MR) is 91.2 cm³/mol. The Hall–Kier alpha value is -2.72. The third-order valence-electron chi connectivity index (χ3n) is 3.18. The van der Waals surface area contributed by atoms with E-state index in [0.717, 1.165) is 5.56 Å². The summed E-state index contributed by atoms with van der Waals surface area (Å²) in [5.74, 6) is -0.720. The molecule has 2 aromatic rings. The fourth-order valence-corrected chi connectivity index (χ4v) is 2.85. The van der Waals surface area contributed by atoms with Crippen LogP contribution in [0.25, 0.3) is 0 Å². The molecule has 2 amide bonds. The first kappa shape index (κ1) is 18.6. The summed E-state index contributed by atoms with van der Waals surface area (Å²) < 4.78 is 27.8. The molecule has 0 atom stereocenters. The van der Waals surface area contributed by atoms with Gasteiger partial charge in [-0.15, -0.1) is 0 Å². The number of anilines is 1. The van der Waals surface area contributed by atoms with E-state index in [2.05, 4.69) is 20.5 Å². The minimum absolute atomic E-state index is 0.0683. The molecule has 0 radical (unpaired) electrons. The number of carbonyl (C=O) groups is 2. The molecule has 9 nitrogen and oxygen atoms in total. The SMILES string of the molecule is Cc1ccc(S(=O)(=O)NCC(=O)NCC(=O)Nc2ccn(C)n2)cc1. The number of hydrogen-bond donors (Lipinski definition) is 3. The van der Waals surface area contributed by atoms with Crippen molar-refractivity contribution in [3.63, 3.8) is 0 Å². The Kier molecular flexibility index (Phi) is 5.88. The van der Waals surface area contributed by atoms with E-state index < -0.39 is 28.4 Å². The van der Waals surface area contributed by atoms with Crippen molar-refractivity contribution < 1.29 is 18.0 Å². The Balaban J connectivity index is 1.78. The van der Waals surface area contributed by atoms with E-state index in [4.69, 9.17) is 0 Å². The van der Waals surface area contributed by atoms with Crippen LogP contribution >= 0.6 is 0 Å². The molecule has 2 rings (SSSR count). The van der Waals surface area contributed by atoms with E-state index in [1.54, 1.807) is 31.4 Å². The van der Waals surface area contributed by atoms with Crippen LogP contribution in [0.15, 0.2) is 41.4 Å². The highest BCUT2D eigenvalue weighted by Gasteiger charge is 2.15. The molecule has 0 aliphatic heterocycles. The molecule has 25 heavy (non-hydrogen) atoms. The summed E-state index contributed by atoms with van der Waals surface area (Å²) in [5, 5.41) is 8.79. The van der Waals surface area contributed by atoms with Crippen LogP contribution in [0, 0.1) is 6.92 Å². The average molecular weight is 365 g/mol. The Bertz CT molecular complexity index is 858. The van der Waals surface area contributed by atoms with Crippen LogP contribution in [0.1, 0.15) is 5.56 Å². The number of benzene rings is 1.